The molecule has 29 heavy (non-hydrogen) atoms. The van der Waals surface area contributed by atoms with Crippen molar-refractivity contribution in [3.8, 4) is 0 Å². The molecular formula is C22H26N2O3S2. The van der Waals surface area contributed by atoms with E-state index in [0.29, 0.717) is 4.91 Å². The van der Waals surface area contributed by atoms with E-state index in [-0.39, 0.29) is 15.8 Å². The smallest absolute Gasteiger partial charge is 0.323 e. The topological polar surface area (TPSA) is 60.9 Å². The van der Waals surface area contributed by atoms with E-state index in [2.05, 4.69) is 50.8 Å². The normalized spacial score (nSPS) is 19.6. The van der Waals surface area contributed by atoms with Crippen molar-refractivity contribution in [1.82, 2.24) is 4.90 Å². The van der Waals surface area contributed by atoms with Gasteiger partial charge >= 0.3 is 5.97 Å². The summed E-state index contributed by atoms with van der Waals surface area (Å²) in [6.45, 7) is 11.4. The Hall–Kier alpha value is -2.12. The summed E-state index contributed by atoms with van der Waals surface area (Å²) < 4.78 is 0.284. The molecule has 154 valence electrons. The Labute approximate surface area is 181 Å². The van der Waals surface area contributed by atoms with Gasteiger partial charge in [-0.15, -0.1) is 0 Å². The number of carbonyl (C=O) groups excluding carboxylic acids is 1. The molecule has 0 atom stereocenters. The molecule has 0 bridgehead atoms. The average molecular weight is 431 g/mol. The van der Waals surface area contributed by atoms with E-state index in [9.17, 15) is 9.59 Å². The number of aryl methyl sites for hydroxylation is 1. The number of aliphatic carboxylic acids is 1. The number of hydrogen-bond donors (Lipinski definition) is 1. The van der Waals surface area contributed by atoms with Crippen LogP contribution in [0, 0.1) is 6.92 Å². The fraction of sp³-hybridized carbons (Fsp3) is 0.409. The number of thioether (sulfide) groups is 1. The van der Waals surface area contributed by atoms with Gasteiger partial charge in [-0.05, 0) is 69.0 Å². The van der Waals surface area contributed by atoms with Crippen LogP contribution in [-0.2, 0) is 9.59 Å². The van der Waals surface area contributed by atoms with Gasteiger partial charge in [0, 0.05) is 17.8 Å². The summed E-state index contributed by atoms with van der Waals surface area (Å²) in [6, 6.07) is 4.31. The molecule has 2 aliphatic rings. The zero-order chi connectivity index (χ0) is 21.5. The van der Waals surface area contributed by atoms with Crippen LogP contribution in [-0.4, -0.2) is 44.8 Å². The second-order valence-electron chi connectivity index (χ2n) is 8.02. The maximum absolute atomic E-state index is 12.6. The number of fused-ring (bicyclic) bond motifs is 1. The Morgan fingerprint density at radius 3 is 2.62 bits per heavy atom. The van der Waals surface area contributed by atoms with Crippen LogP contribution in [0.2, 0.25) is 0 Å². The van der Waals surface area contributed by atoms with Crippen LogP contribution >= 0.6 is 24.0 Å². The van der Waals surface area contributed by atoms with Crippen LogP contribution in [0.25, 0.3) is 11.6 Å². The highest BCUT2D eigenvalue weighted by atomic mass is 32.2. The number of carboxylic acid groups (broad SMARTS) is 1. The standard InChI is InChI=1S/C22H26N2O3S2/c1-6-7-24-17-8-13(2)15(9-16(17)14(3)11-22(24,4)5)10-18-20(27)23(12-19(25)26)21(28)29-18/h8-11H,6-7,12H2,1-5H3,(H,25,26)/b18-10-. The van der Waals surface area contributed by atoms with Gasteiger partial charge in [0.05, 0.1) is 10.4 Å². The van der Waals surface area contributed by atoms with Crippen LogP contribution in [0.1, 0.15) is 50.8 Å². The van der Waals surface area contributed by atoms with E-state index in [1.165, 1.54) is 11.3 Å². The zero-order valence-corrected chi connectivity index (χ0v) is 19.0. The molecule has 1 N–H and O–H groups in total. The van der Waals surface area contributed by atoms with Gasteiger partial charge in [-0.3, -0.25) is 14.5 Å². The van der Waals surface area contributed by atoms with Crippen LogP contribution < -0.4 is 4.90 Å². The lowest BCUT2D eigenvalue weighted by Crippen LogP contribution is -2.45. The first-order valence-electron chi connectivity index (χ1n) is 9.64. The molecule has 1 fully saturated rings. The lowest BCUT2D eigenvalue weighted by molar-refractivity contribution is -0.140. The molecule has 0 saturated carbocycles. The van der Waals surface area contributed by atoms with Gasteiger partial charge in [0.2, 0.25) is 0 Å². The van der Waals surface area contributed by atoms with Gasteiger partial charge in [-0.25, -0.2) is 0 Å². The lowest BCUT2D eigenvalue weighted by Gasteiger charge is -2.43. The van der Waals surface area contributed by atoms with Gasteiger partial charge < -0.3 is 10.0 Å². The number of carboxylic acids is 1. The van der Waals surface area contributed by atoms with Crippen LogP contribution in [0.5, 0.6) is 0 Å². The van der Waals surface area contributed by atoms with Crippen molar-refractivity contribution in [3.63, 3.8) is 0 Å². The highest BCUT2D eigenvalue weighted by Gasteiger charge is 2.34. The minimum atomic E-state index is -1.08. The minimum Gasteiger partial charge on any atom is -0.480 e. The van der Waals surface area contributed by atoms with Crippen molar-refractivity contribution in [1.29, 1.82) is 0 Å². The summed E-state index contributed by atoms with van der Waals surface area (Å²) in [7, 11) is 0. The molecular weight excluding hydrogens is 404 g/mol. The van der Waals surface area contributed by atoms with E-state index < -0.39 is 12.5 Å². The fourth-order valence-electron chi connectivity index (χ4n) is 3.95. The SMILES string of the molecule is CCCN1c2cc(C)c(/C=C3\SC(=S)N(CC(=O)O)C3=O)cc2C(C)=CC1(C)C. The third-order valence-corrected chi connectivity index (χ3v) is 6.64. The molecule has 0 aliphatic carbocycles. The number of allylic oxidation sites excluding steroid dienone is 1. The Morgan fingerprint density at radius 1 is 1.31 bits per heavy atom. The monoisotopic (exact) mass is 430 g/mol. The van der Waals surface area contributed by atoms with Gasteiger partial charge in [0.15, 0.2) is 0 Å². The number of hydrogen-bond acceptors (Lipinski definition) is 5. The summed E-state index contributed by atoms with van der Waals surface area (Å²) in [5.74, 6) is -1.42. The van der Waals surface area contributed by atoms with Crippen molar-refractivity contribution < 1.29 is 14.7 Å². The Bertz CT molecular complexity index is 963. The van der Waals surface area contributed by atoms with E-state index in [1.54, 1.807) is 0 Å². The van der Waals surface area contributed by atoms with Crippen LogP contribution in [0.4, 0.5) is 5.69 Å². The molecule has 0 aromatic heterocycles. The second-order valence-corrected chi connectivity index (χ2v) is 9.70. The third kappa shape index (κ3) is 4.12. The second kappa shape index (κ2) is 7.95. The van der Waals surface area contributed by atoms with Crippen molar-refractivity contribution in [3.05, 3.63) is 39.8 Å². The van der Waals surface area contributed by atoms with Crippen molar-refractivity contribution in [2.45, 2.75) is 46.6 Å². The molecule has 7 heteroatoms. The number of benzene rings is 1. The third-order valence-electron chi connectivity index (χ3n) is 5.27. The molecule has 5 nitrogen and oxygen atoms in total. The summed E-state index contributed by atoms with van der Waals surface area (Å²) >= 11 is 6.35. The van der Waals surface area contributed by atoms with Crippen LogP contribution in [0.3, 0.4) is 0 Å². The number of rotatable bonds is 5. The molecule has 0 radical (unpaired) electrons. The van der Waals surface area contributed by atoms with Crippen molar-refractivity contribution >= 4 is 57.5 Å². The number of nitrogens with zero attached hydrogens (tertiary/aromatic N) is 2. The first-order chi connectivity index (χ1) is 13.5. The number of carbonyl (C=O) groups is 2. The molecule has 3 rings (SSSR count). The lowest BCUT2D eigenvalue weighted by atomic mass is 9.86. The van der Waals surface area contributed by atoms with Crippen molar-refractivity contribution in [2.75, 3.05) is 18.0 Å². The average Bonchev–Trinajstić information content (AvgIpc) is 2.86. The van der Waals surface area contributed by atoms with Gasteiger partial charge in [-0.1, -0.05) is 37.0 Å². The highest BCUT2D eigenvalue weighted by Crippen LogP contribution is 2.41. The number of anilines is 1. The molecule has 2 heterocycles. The predicted octanol–water partition coefficient (Wildman–Crippen LogP) is 4.69. The van der Waals surface area contributed by atoms with Crippen molar-refractivity contribution in [2.24, 2.45) is 0 Å². The van der Waals surface area contributed by atoms with Gasteiger partial charge in [-0.2, -0.15) is 0 Å². The first kappa shape index (κ1) is 21.6. The first-order valence-corrected chi connectivity index (χ1v) is 10.9. The summed E-state index contributed by atoms with van der Waals surface area (Å²) in [5, 5.41) is 9.01. The largest absolute Gasteiger partial charge is 0.480 e. The Morgan fingerprint density at radius 2 is 2.00 bits per heavy atom. The Kier molecular flexibility index (Phi) is 5.92. The zero-order valence-electron chi connectivity index (χ0n) is 17.4. The number of thiocarbonyl (C=S) groups is 1. The van der Waals surface area contributed by atoms with Gasteiger partial charge in [0.1, 0.15) is 10.9 Å². The molecule has 2 aliphatic heterocycles. The number of amides is 1. The maximum atomic E-state index is 12.6. The molecule has 1 saturated heterocycles. The summed E-state index contributed by atoms with van der Waals surface area (Å²) in [5.41, 5.74) is 5.55. The molecule has 0 spiro atoms. The summed E-state index contributed by atoms with van der Waals surface area (Å²) in [6.07, 6.45) is 5.17. The molecule has 1 aromatic carbocycles. The van der Waals surface area contributed by atoms with Gasteiger partial charge in [0.25, 0.3) is 5.91 Å². The fourth-order valence-corrected chi connectivity index (χ4v) is 5.19. The summed E-state index contributed by atoms with van der Waals surface area (Å²) in [4.78, 5) is 27.6. The van der Waals surface area contributed by atoms with Crippen LogP contribution in [0.15, 0.2) is 23.1 Å². The quantitative estimate of drug-likeness (QED) is 0.540. The highest BCUT2D eigenvalue weighted by molar-refractivity contribution is 8.26. The molecule has 1 aromatic rings. The predicted molar refractivity (Wildman–Crippen MR) is 124 cm³/mol. The molecule has 1 amide bonds. The minimum absolute atomic E-state index is 0.0553. The van der Waals surface area contributed by atoms with E-state index in [1.807, 2.05) is 13.0 Å². The maximum Gasteiger partial charge on any atom is 0.323 e. The van der Waals surface area contributed by atoms with E-state index in [4.69, 9.17) is 17.3 Å². The molecule has 0 unspecified atom stereocenters. The van der Waals surface area contributed by atoms with E-state index in [0.717, 1.165) is 46.3 Å². The van der Waals surface area contributed by atoms with E-state index >= 15 is 0 Å². The Balaban J connectivity index is 2.03.